The Balaban J connectivity index is 3.10. The van der Waals surface area contributed by atoms with Crippen molar-refractivity contribution in [2.45, 2.75) is 31.7 Å². The van der Waals surface area contributed by atoms with Crippen LogP contribution in [0.25, 0.3) is 0 Å². The Kier molecular flexibility index (Phi) is 4.69. The van der Waals surface area contributed by atoms with E-state index in [0.717, 1.165) is 0 Å². The zero-order valence-corrected chi connectivity index (χ0v) is 11.5. The highest BCUT2D eigenvalue weighted by Gasteiger charge is 2.24. The predicted molar refractivity (Wildman–Crippen MR) is 68.0 cm³/mol. The van der Waals surface area contributed by atoms with Gasteiger partial charge >= 0.3 is 5.97 Å². The number of carboxylic acids is 1. The van der Waals surface area contributed by atoms with Gasteiger partial charge in [0.15, 0.2) is 0 Å². The number of hydrogen-bond acceptors (Lipinski definition) is 4. The first kappa shape index (κ1) is 15.2. The quantitative estimate of drug-likeness (QED) is 0.710. The van der Waals surface area contributed by atoms with Gasteiger partial charge in [0.25, 0.3) is 0 Å². The van der Waals surface area contributed by atoms with Crippen molar-refractivity contribution in [2.75, 3.05) is 6.54 Å². The first-order chi connectivity index (χ1) is 8.79. The highest BCUT2D eigenvalue weighted by molar-refractivity contribution is 7.89. The van der Waals surface area contributed by atoms with Crippen molar-refractivity contribution in [3.05, 3.63) is 11.4 Å². The van der Waals surface area contributed by atoms with Crippen LogP contribution < -0.4 is 4.72 Å². The number of carboxylic acid groups (broad SMARTS) is 1. The van der Waals surface area contributed by atoms with Crippen LogP contribution in [0.5, 0.6) is 0 Å². The van der Waals surface area contributed by atoms with Crippen LogP contribution in [-0.4, -0.2) is 35.8 Å². The maximum Gasteiger partial charge on any atom is 0.305 e. The lowest BCUT2D eigenvalue weighted by Gasteiger charge is -2.05. The molecule has 8 heteroatoms. The van der Waals surface area contributed by atoms with Crippen molar-refractivity contribution < 1.29 is 18.3 Å². The molecule has 0 aliphatic heterocycles. The van der Waals surface area contributed by atoms with E-state index in [1.165, 1.54) is 4.68 Å². The van der Waals surface area contributed by atoms with Crippen molar-refractivity contribution in [2.24, 2.45) is 0 Å². The third-order valence-electron chi connectivity index (χ3n) is 2.49. The van der Waals surface area contributed by atoms with Crippen LogP contribution in [0.15, 0.2) is 4.90 Å². The molecule has 0 spiro atoms. The summed E-state index contributed by atoms with van der Waals surface area (Å²) in [7, 11) is -3.72. The van der Waals surface area contributed by atoms with Crippen LogP contribution in [0.2, 0.25) is 0 Å². The molecule has 0 atom stereocenters. The van der Waals surface area contributed by atoms with Gasteiger partial charge in [-0.25, -0.2) is 8.42 Å². The summed E-state index contributed by atoms with van der Waals surface area (Å²) >= 11 is 0. The van der Waals surface area contributed by atoms with E-state index in [0.29, 0.717) is 11.4 Å². The molecule has 0 aromatic carbocycles. The molecule has 104 valence electrons. The molecule has 1 aromatic heterocycles. The second kappa shape index (κ2) is 5.86. The maximum absolute atomic E-state index is 12.0. The number of aromatic nitrogens is 2. The molecule has 19 heavy (non-hydrogen) atoms. The monoisotopic (exact) mass is 285 g/mol. The molecule has 0 unspecified atom stereocenters. The number of aliphatic carboxylic acids is 1. The molecule has 0 saturated heterocycles. The summed E-state index contributed by atoms with van der Waals surface area (Å²) in [5.41, 5.74) is 0.704. The first-order valence-electron chi connectivity index (χ1n) is 5.48. The third kappa shape index (κ3) is 3.56. The number of nitrogens with one attached hydrogen (secondary N) is 1. The third-order valence-corrected chi connectivity index (χ3v) is 4.14. The molecular formula is C11H15N3O4S. The van der Waals surface area contributed by atoms with Crippen LogP contribution in [0.1, 0.15) is 17.8 Å². The van der Waals surface area contributed by atoms with E-state index in [-0.39, 0.29) is 24.4 Å². The second-order valence-corrected chi connectivity index (χ2v) is 5.60. The van der Waals surface area contributed by atoms with Gasteiger partial charge in [-0.2, -0.15) is 9.82 Å². The van der Waals surface area contributed by atoms with E-state index < -0.39 is 16.0 Å². The number of rotatable bonds is 6. The molecule has 0 radical (unpaired) electrons. The van der Waals surface area contributed by atoms with Crippen LogP contribution in [-0.2, 0) is 21.4 Å². The van der Waals surface area contributed by atoms with Crippen molar-refractivity contribution in [3.63, 3.8) is 0 Å². The van der Waals surface area contributed by atoms with E-state index in [1.807, 2.05) is 0 Å². The molecule has 0 aliphatic carbocycles. The highest BCUT2D eigenvalue weighted by atomic mass is 32.2. The van der Waals surface area contributed by atoms with Gasteiger partial charge in [-0.1, -0.05) is 5.92 Å². The summed E-state index contributed by atoms with van der Waals surface area (Å²) in [5, 5.41) is 12.7. The van der Waals surface area contributed by atoms with Gasteiger partial charge in [-0.15, -0.1) is 6.42 Å². The van der Waals surface area contributed by atoms with Gasteiger partial charge in [-0.3, -0.25) is 9.48 Å². The fourth-order valence-corrected chi connectivity index (χ4v) is 3.04. The van der Waals surface area contributed by atoms with Gasteiger partial charge in [0.1, 0.15) is 4.90 Å². The zero-order chi connectivity index (χ0) is 14.6. The molecule has 7 nitrogen and oxygen atoms in total. The summed E-state index contributed by atoms with van der Waals surface area (Å²) in [6.07, 6.45) is 4.89. The van der Waals surface area contributed by atoms with E-state index >= 15 is 0 Å². The Hall–Kier alpha value is -1.85. The van der Waals surface area contributed by atoms with E-state index in [4.69, 9.17) is 11.5 Å². The van der Waals surface area contributed by atoms with Gasteiger partial charge in [0.05, 0.1) is 30.9 Å². The zero-order valence-electron chi connectivity index (χ0n) is 10.7. The number of aryl methyl sites for hydroxylation is 2. The van der Waals surface area contributed by atoms with Crippen LogP contribution in [0.4, 0.5) is 0 Å². The summed E-state index contributed by atoms with van der Waals surface area (Å²) in [6, 6.07) is 0. The fraction of sp³-hybridized carbons (Fsp3) is 0.455. The van der Waals surface area contributed by atoms with E-state index in [1.54, 1.807) is 13.8 Å². The minimum atomic E-state index is -3.72. The Labute approximate surface area is 111 Å². The summed E-state index contributed by atoms with van der Waals surface area (Å²) < 4.78 is 27.6. The minimum Gasteiger partial charge on any atom is -0.481 e. The Bertz CT molecular complexity index is 625. The van der Waals surface area contributed by atoms with E-state index in [9.17, 15) is 13.2 Å². The normalized spacial score (nSPS) is 11.2. The van der Waals surface area contributed by atoms with Crippen LogP contribution in [0.3, 0.4) is 0 Å². The van der Waals surface area contributed by atoms with Crippen LogP contribution >= 0.6 is 0 Å². The number of nitrogens with zero attached hydrogens (tertiary/aromatic N) is 2. The van der Waals surface area contributed by atoms with Crippen LogP contribution in [0, 0.1) is 26.2 Å². The smallest absolute Gasteiger partial charge is 0.305 e. The van der Waals surface area contributed by atoms with Crippen molar-refractivity contribution in [1.82, 2.24) is 14.5 Å². The standard InChI is InChI=1S/C11H15N3O4S/c1-4-6-12-19(17,18)11-8(2)13-14(9(11)3)7-5-10(15)16/h1,12H,5-7H2,2-3H3,(H,15,16). The van der Waals surface area contributed by atoms with Gasteiger partial charge < -0.3 is 5.11 Å². The fourth-order valence-electron chi connectivity index (χ4n) is 1.70. The van der Waals surface area contributed by atoms with Crippen molar-refractivity contribution in [3.8, 4) is 12.3 Å². The van der Waals surface area contributed by atoms with Crippen molar-refractivity contribution in [1.29, 1.82) is 0 Å². The molecule has 0 amide bonds. The molecule has 1 aromatic rings. The van der Waals surface area contributed by atoms with Gasteiger partial charge in [-0.05, 0) is 13.8 Å². The number of terminal acetylenes is 1. The highest BCUT2D eigenvalue weighted by Crippen LogP contribution is 2.19. The van der Waals surface area contributed by atoms with E-state index in [2.05, 4.69) is 15.7 Å². The number of sulfonamides is 1. The Morgan fingerprint density at radius 2 is 2.16 bits per heavy atom. The van der Waals surface area contributed by atoms with Gasteiger partial charge in [0, 0.05) is 0 Å². The SMILES string of the molecule is C#CCNS(=O)(=O)c1c(C)nn(CCC(=O)O)c1C. The lowest BCUT2D eigenvalue weighted by Crippen LogP contribution is -2.25. The molecule has 2 N–H and O–H groups in total. The molecule has 1 rings (SSSR count). The number of carbonyl (C=O) groups is 1. The minimum absolute atomic E-state index is 0.0492. The molecule has 0 bridgehead atoms. The summed E-state index contributed by atoms with van der Waals surface area (Å²) in [5.74, 6) is 1.21. The molecule has 0 fully saturated rings. The molecule has 1 heterocycles. The average molecular weight is 285 g/mol. The lowest BCUT2D eigenvalue weighted by molar-refractivity contribution is -0.137. The predicted octanol–water partition coefficient (Wildman–Crippen LogP) is -0.114. The average Bonchev–Trinajstić information content (AvgIpc) is 2.59. The topological polar surface area (TPSA) is 101 Å². The summed E-state index contributed by atoms with van der Waals surface area (Å²) in [4.78, 5) is 10.6. The molecular weight excluding hydrogens is 270 g/mol. The largest absolute Gasteiger partial charge is 0.481 e. The molecule has 0 saturated carbocycles. The maximum atomic E-state index is 12.0. The number of hydrogen-bond donors (Lipinski definition) is 2. The van der Waals surface area contributed by atoms with Gasteiger partial charge in [0.2, 0.25) is 10.0 Å². The summed E-state index contributed by atoms with van der Waals surface area (Å²) in [6.45, 7) is 3.13. The lowest BCUT2D eigenvalue weighted by atomic mass is 10.4. The molecule has 0 aliphatic rings. The first-order valence-corrected chi connectivity index (χ1v) is 6.97. The second-order valence-electron chi connectivity index (χ2n) is 3.90. The Morgan fingerprint density at radius 3 is 2.68 bits per heavy atom. The van der Waals surface area contributed by atoms with Crippen molar-refractivity contribution >= 4 is 16.0 Å². The Morgan fingerprint density at radius 1 is 1.53 bits per heavy atom.